The number of carbonyl (C=O) groups excluding carboxylic acids is 1. The summed E-state index contributed by atoms with van der Waals surface area (Å²) in [5, 5.41) is 0. The lowest BCUT2D eigenvalue weighted by Crippen LogP contribution is -2.51. The van der Waals surface area contributed by atoms with Gasteiger partial charge in [-0.1, -0.05) is 20.8 Å². The van der Waals surface area contributed by atoms with Crippen molar-refractivity contribution < 1.29 is 4.79 Å². The number of hydrogen-bond acceptors (Lipinski definition) is 3. The molecular formula is C15H30ClN3O. The SMILES string of the molecule is CC1CC(C)CN(C(=O)CN2CCC(N)C(C)C2)C1.Cl. The first-order valence-corrected chi connectivity index (χ1v) is 7.71. The van der Waals surface area contributed by atoms with E-state index in [2.05, 4.69) is 30.6 Å². The molecule has 4 atom stereocenters. The summed E-state index contributed by atoms with van der Waals surface area (Å²) in [6.07, 6.45) is 2.26. The molecule has 1 amide bonds. The van der Waals surface area contributed by atoms with Crippen molar-refractivity contribution in [3.05, 3.63) is 0 Å². The molecule has 2 rings (SSSR count). The lowest BCUT2D eigenvalue weighted by Gasteiger charge is -2.38. The minimum Gasteiger partial charge on any atom is -0.341 e. The van der Waals surface area contributed by atoms with E-state index in [9.17, 15) is 4.79 Å². The largest absolute Gasteiger partial charge is 0.341 e. The molecule has 2 aliphatic heterocycles. The smallest absolute Gasteiger partial charge is 0.236 e. The zero-order valence-electron chi connectivity index (χ0n) is 13.0. The van der Waals surface area contributed by atoms with Gasteiger partial charge in [0, 0.05) is 32.2 Å². The van der Waals surface area contributed by atoms with Crippen molar-refractivity contribution in [1.82, 2.24) is 9.80 Å². The molecule has 2 aliphatic rings. The van der Waals surface area contributed by atoms with Crippen LogP contribution in [-0.2, 0) is 4.79 Å². The van der Waals surface area contributed by atoms with Crippen molar-refractivity contribution in [2.24, 2.45) is 23.5 Å². The van der Waals surface area contributed by atoms with Crippen LogP contribution < -0.4 is 5.73 Å². The lowest BCUT2D eigenvalue weighted by molar-refractivity contribution is -0.135. The van der Waals surface area contributed by atoms with Gasteiger partial charge in [-0.2, -0.15) is 0 Å². The van der Waals surface area contributed by atoms with Crippen molar-refractivity contribution >= 4 is 18.3 Å². The molecule has 20 heavy (non-hydrogen) atoms. The number of amides is 1. The molecule has 0 saturated carbocycles. The summed E-state index contributed by atoms with van der Waals surface area (Å²) >= 11 is 0. The highest BCUT2D eigenvalue weighted by Crippen LogP contribution is 2.21. The molecule has 0 aliphatic carbocycles. The maximum Gasteiger partial charge on any atom is 0.236 e. The number of rotatable bonds is 2. The minimum atomic E-state index is 0. The van der Waals surface area contributed by atoms with Gasteiger partial charge in [0.15, 0.2) is 0 Å². The summed E-state index contributed by atoms with van der Waals surface area (Å²) in [7, 11) is 0. The van der Waals surface area contributed by atoms with E-state index in [1.807, 2.05) is 0 Å². The number of carbonyl (C=O) groups is 1. The van der Waals surface area contributed by atoms with Crippen LogP contribution in [0.4, 0.5) is 0 Å². The number of nitrogens with two attached hydrogens (primary N) is 1. The van der Waals surface area contributed by atoms with Gasteiger partial charge >= 0.3 is 0 Å². The Kier molecular flexibility index (Phi) is 6.76. The zero-order chi connectivity index (χ0) is 14.0. The van der Waals surface area contributed by atoms with Crippen LogP contribution in [0.25, 0.3) is 0 Å². The van der Waals surface area contributed by atoms with E-state index in [4.69, 9.17) is 5.73 Å². The van der Waals surface area contributed by atoms with Gasteiger partial charge in [-0.25, -0.2) is 0 Å². The van der Waals surface area contributed by atoms with Crippen molar-refractivity contribution in [2.75, 3.05) is 32.7 Å². The molecule has 2 fully saturated rings. The number of likely N-dealkylation sites (tertiary alicyclic amines) is 2. The second-order valence-corrected chi connectivity index (χ2v) is 6.91. The van der Waals surface area contributed by atoms with Crippen LogP contribution in [0.15, 0.2) is 0 Å². The summed E-state index contributed by atoms with van der Waals surface area (Å²) in [5.74, 6) is 2.09. The zero-order valence-corrected chi connectivity index (χ0v) is 13.9. The van der Waals surface area contributed by atoms with E-state index in [1.165, 1.54) is 6.42 Å². The maximum absolute atomic E-state index is 12.4. The van der Waals surface area contributed by atoms with E-state index < -0.39 is 0 Å². The topological polar surface area (TPSA) is 49.6 Å². The molecule has 0 radical (unpaired) electrons. The molecule has 2 heterocycles. The van der Waals surface area contributed by atoms with Gasteiger partial charge in [0.1, 0.15) is 0 Å². The Morgan fingerprint density at radius 2 is 1.75 bits per heavy atom. The molecule has 118 valence electrons. The third kappa shape index (κ3) is 4.61. The summed E-state index contributed by atoms with van der Waals surface area (Å²) in [6.45, 7) is 11.1. The Morgan fingerprint density at radius 3 is 2.30 bits per heavy atom. The molecule has 2 saturated heterocycles. The molecule has 0 aromatic rings. The number of hydrogen-bond donors (Lipinski definition) is 1. The van der Waals surface area contributed by atoms with Crippen LogP contribution in [0.2, 0.25) is 0 Å². The third-order valence-electron chi connectivity index (χ3n) is 4.64. The summed E-state index contributed by atoms with van der Waals surface area (Å²) in [5.41, 5.74) is 6.03. The first-order valence-electron chi connectivity index (χ1n) is 7.71. The number of piperidine rings is 2. The molecule has 0 spiro atoms. The van der Waals surface area contributed by atoms with Gasteiger partial charge in [0.05, 0.1) is 6.54 Å². The molecule has 0 aromatic carbocycles. The molecule has 0 aromatic heterocycles. The predicted octanol–water partition coefficient (Wildman–Crippen LogP) is 1.58. The lowest BCUT2D eigenvalue weighted by atomic mass is 9.91. The van der Waals surface area contributed by atoms with Gasteiger partial charge in [-0.3, -0.25) is 9.69 Å². The maximum atomic E-state index is 12.4. The fraction of sp³-hybridized carbons (Fsp3) is 0.933. The summed E-state index contributed by atoms with van der Waals surface area (Å²) < 4.78 is 0. The van der Waals surface area contributed by atoms with Crippen LogP contribution in [0.5, 0.6) is 0 Å². The van der Waals surface area contributed by atoms with Crippen LogP contribution in [0.1, 0.15) is 33.6 Å². The van der Waals surface area contributed by atoms with Gasteiger partial charge in [0.25, 0.3) is 0 Å². The summed E-state index contributed by atoms with van der Waals surface area (Å²) in [4.78, 5) is 16.7. The van der Waals surface area contributed by atoms with Crippen molar-refractivity contribution in [3.63, 3.8) is 0 Å². The normalized spacial score (nSPS) is 35.5. The third-order valence-corrected chi connectivity index (χ3v) is 4.64. The van der Waals surface area contributed by atoms with Crippen molar-refractivity contribution in [1.29, 1.82) is 0 Å². The number of halogens is 1. The summed E-state index contributed by atoms with van der Waals surface area (Å²) in [6, 6.07) is 0.307. The minimum absolute atomic E-state index is 0. The van der Waals surface area contributed by atoms with Gasteiger partial charge in [-0.05, 0) is 30.6 Å². The highest BCUT2D eigenvalue weighted by Gasteiger charge is 2.29. The first-order chi connectivity index (χ1) is 8.95. The van der Waals surface area contributed by atoms with E-state index in [0.717, 1.165) is 32.6 Å². The Morgan fingerprint density at radius 1 is 1.15 bits per heavy atom. The standard InChI is InChI=1S/C15H29N3O.ClH/c1-11-6-12(2)8-18(7-11)15(19)10-17-5-4-14(16)13(3)9-17;/h11-14H,4-10,16H2,1-3H3;1H. The quantitative estimate of drug-likeness (QED) is 0.843. The van der Waals surface area contributed by atoms with E-state index in [0.29, 0.717) is 36.2 Å². The Hall–Kier alpha value is -0.320. The molecule has 0 bridgehead atoms. The van der Waals surface area contributed by atoms with Crippen molar-refractivity contribution in [3.8, 4) is 0 Å². The predicted molar refractivity (Wildman–Crippen MR) is 85.0 cm³/mol. The average Bonchev–Trinajstić information content (AvgIpc) is 2.32. The Labute approximate surface area is 129 Å². The van der Waals surface area contributed by atoms with Crippen LogP contribution in [-0.4, -0.2) is 54.5 Å². The highest BCUT2D eigenvalue weighted by molar-refractivity contribution is 5.85. The van der Waals surface area contributed by atoms with Gasteiger partial charge < -0.3 is 10.6 Å². The average molecular weight is 304 g/mol. The fourth-order valence-electron chi connectivity index (χ4n) is 3.55. The second-order valence-electron chi connectivity index (χ2n) is 6.91. The van der Waals surface area contributed by atoms with E-state index in [-0.39, 0.29) is 12.4 Å². The molecular weight excluding hydrogens is 274 g/mol. The molecule has 5 heteroatoms. The van der Waals surface area contributed by atoms with Crippen molar-refractivity contribution in [2.45, 2.75) is 39.7 Å². The van der Waals surface area contributed by atoms with Gasteiger partial charge in [0.2, 0.25) is 5.91 Å². The molecule has 4 unspecified atom stereocenters. The van der Waals surface area contributed by atoms with Crippen LogP contribution >= 0.6 is 12.4 Å². The first kappa shape index (κ1) is 17.7. The Bertz CT molecular complexity index is 316. The van der Waals surface area contributed by atoms with Gasteiger partial charge in [-0.15, -0.1) is 12.4 Å². The number of nitrogens with zero attached hydrogens (tertiary/aromatic N) is 2. The van der Waals surface area contributed by atoms with Crippen LogP contribution in [0, 0.1) is 17.8 Å². The van der Waals surface area contributed by atoms with E-state index in [1.54, 1.807) is 0 Å². The highest BCUT2D eigenvalue weighted by atomic mass is 35.5. The second kappa shape index (κ2) is 7.62. The molecule has 2 N–H and O–H groups in total. The Balaban J connectivity index is 0.00000200. The monoisotopic (exact) mass is 303 g/mol. The van der Waals surface area contributed by atoms with E-state index >= 15 is 0 Å². The van der Waals surface area contributed by atoms with Crippen LogP contribution in [0.3, 0.4) is 0 Å². The fourth-order valence-corrected chi connectivity index (χ4v) is 3.55. The molecule has 4 nitrogen and oxygen atoms in total.